The first-order chi connectivity index (χ1) is 34.6. The van der Waals surface area contributed by atoms with E-state index in [0.29, 0.717) is 32.5 Å². The number of carbonyl (C=O) groups excluding carboxylic acids is 4. The fourth-order valence-electron chi connectivity index (χ4n) is 10.1. The number of rotatable bonds is 49. The maximum atomic E-state index is 13.6. The number of nitrogens with zero attached hydrogens (tertiary/aromatic N) is 2. The van der Waals surface area contributed by atoms with Gasteiger partial charge in [0.25, 0.3) is 0 Å². The van der Waals surface area contributed by atoms with Gasteiger partial charge in [0.2, 0.25) is 0 Å². The zero-order chi connectivity index (χ0) is 53.3. The van der Waals surface area contributed by atoms with E-state index in [0.717, 1.165) is 122 Å². The van der Waals surface area contributed by atoms with Crippen LogP contribution in [0.2, 0.25) is 0 Å². The predicted octanol–water partition coefficient (Wildman–Crippen LogP) is 16.5. The molecule has 0 spiro atoms. The minimum absolute atomic E-state index is 0.0220. The second kappa shape index (κ2) is 43.0. The van der Waals surface area contributed by atoms with Crippen molar-refractivity contribution in [3.63, 3.8) is 0 Å². The summed E-state index contributed by atoms with van der Waals surface area (Å²) in [6, 6.07) is -0.436. The first kappa shape index (κ1) is 67.8. The summed E-state index contributed by atoms with van der Waals surface area (Å²) in [5.74, 6) is -0.576. The van der Waals surface area contributed by atoms with E-state index < -0.39 is 16.9 Å². The van der Waals surface area contributed by atoms with Gasteiger partial charge in [-0.15, -0.1) is 0 Å². The van der Waals surface area contributed by atoms with Crippen molar-refractivity contribution >= 4 is 23.9 Å². The Hall–Kier alpha value is -2.20. The second-order valence-corrected chi connectivity index (χ2v) is 23.7. The molecule has 0 aromatic carbocycles. The molecule has 0 N–H and O–H groups in total. The van der Waals surface area contributed by atoms with Crippen molar-refractivity contribution < 1.29 is 38.1 Å². The molecule has 0 unspecified atom stereocenters. The van der Waals surface area contributed by atoms with Gasteiger partial charge in [-0.3, -0.25) is 24.1 Å². The van der Waals surface area contributed by atoms with Crippen molar-refractivity contribution in [1.29, 1.82) is 0 Å². The largest absolute Gasteiger partial charge is 0.465 e. The molecule has 0 aromatic heterocycles. The summed E-state index contributed by atoms with van der Waals surface area (Å²) in [5.41, 5.74) is -1.05. The first-order valence-electron chi connectivity index (χ1n) is 30.8. The summed E-state index contributed by atoms with van der Waals surface area (Å²) in [4.78, 5) is 57.5. The van der Waals surface area contributed by atoms with Gasteiger partial charge in [0.15, 0.2) is 0 Å². The highest BCUT2D eigenvalue weighted by atomic mass is 16.6. The molecule has 10 heteroatoms. The van der Waals surface area contributed by atoms with Gasteiger partial charge in [-0.2, -0.15) is 0 Å². The molecular weight excluding hydrogens is 901 g/mol. The van der Waals surface area contributed by atoms with E-state index in [1.54, 1.807) is 0 Å². The average Bonchev–Trinajstić information content (AvgIpc) is 3.75. The van der Waals surface area contributed by atoms with Gasteiger partial charge in [0, 0.05) is 19.5 Å². The Bertz CT molecular complexity index is 1320. The van der Waals surface area contributed by atoms with E-state index in [-0.39, 0.29) is 42.2 Å². The minimum atomic E-state index is -0.528. The summed E-state index contributed by atoms with van der Waals surface area (Å²) in [6.07, 6.45) is 40.5. The molecule has 2 atom stereocenters. The minimum Gasteiger partial charge on any atom is -0.465 e. The monoisotopic (exact) mass is 1020 g/mol. The zero-order valence-corrected chi connectivity index (χ0v) is 49.2. The lowest BCUT2D eigenvalue weighted by atomic mass is 9.86. The van der Waals surface area contributed by atoms with Crippen LogP contribution in [0.4, 0.5) is 0 Å². The SMILES string of the molecule is CCCCCCCCC(CCCCCCCC)OC(=O)C(C)(C)CCCCCCOC(=O)[C@@H]1C[C@H](OC(=O)CCN(C)C)CN1CCCCCCC(C)(C)C(=O)OC(CCCCCCC)CCCCCCC. The number of likely N-dealkylation sites (tertiary alicyclic amines) is 1. The number of hydrogen-bond donors (Lipinski definition) is 0. The molecule has 1 saturated heterocycles. The molecule has 72 heavy (non-hydrogen) atoms. The third-order valence-corrected chi connectivity index (χ3v) is 15.3. The molecule has 1 aliphatic heterocycles. The van der Waals surface area contributed by atoms with E-state index in [1.807, 2.05) is 46.7 Å². The highest BCUT2D eigenvalue weighted by molar-refractivity contribution is 5.77. The molecule has 10 nitrogen and oxygen atoms in total. The normalized spacial score (nSPS) is 15.5. The number of carbonyl (C=O) groups is 4. The first-order valence-corrected chi connectivity index (χ1v) is 30.8. The van der Waals surface area contributed by atoms with Gasteiger partial charge in [-0.25, -0.2) is 0 Å². The molecular formula is C62H118N2O8. The highest BCUT2D eigenvalue weighted by Gasteiger charge is 2.39. The maximum Gasteiger partial charge on any atom is 0.323 e. The molecule has 1 heterocycles. The lowest BCUT2D eigenvalue weighted by molar-refractivity contribution is -0.161. The summed E-state index contributed by atoms with van der Waals surface area (Å²) in [7, 11) is 3.88. The lowest BCUT2D eigenvalue weighted by Crippen LogP contribution is -2.38. The van der Waals surface area contributed by atoms with Crippen LogP contribution < -0.4 is 0 Å². The molecule has 0 aromatic rings. The second-order valence-electron chi connectivity index (χ2n) is 23.7. The van der Waals surface area contributed by atoms with E-state index >= 15 is 0 Å². The lowest BCUT2D eigenvalue weighted by Gasteiger charge is -2.27. The summed E-state index contributed by atoms with van der Waals surface area (Å²) in [6.45, 7) is 19.4. The van der Waals surface area contributed by atoms with Crippen molar-refractivity contribution in [2.75, 3.05) is 40.3 Å². The molecule has 0 amide bonds. The summed E-state index contributed by atoms with van der Waals surface area (Å²) in [5, 5.41) is 0. The Balaban J connectivity index is 2.64. The highest BCUT2D eigenvalue weighted by Crippen LogP contribution is 2.31. The van der Waals surface area contributed by atoms with E-state index in [4.69, 9.17) is 18.9 Å². The Morgan fingerprint density at radius 3 is 1.31 bits per heavy atom. The van der Waals surface area contributed by atoms with Crippen LogP contribution in [0.5, 0.6) is 0 Å². The molecule has 1 rings (SSSR count). The molecule has 0 radical (unpaired) electrons. The van der Waals surface area contributed by atoms with Crippen molar-refractivity contribution in [1.82, 2.24) is 9.80 Å². The number of ether oxygens (including phenoxy) is 4. The van der Waals surface area contributed by atoms with Gasteiger partial charge in [-0.05, 0) is 125 Å². The van der Waals surface area contributed by atoms with Gasteiger partial charge in [0.05, 0.1) is 23.9 Å². The van der Waals surface area contributed by atoms with Gasteiger partial charge in [0.1, 0.15) is 24.4 Å². The van der Waals surface area contributed by atoms with Crippen LogP contribution in [-0.2, 0) is 38.1 Å². The molecule has 1 fully saturated rings. The molecule has 0 aliphatic carbocycles. The third kappa shape index (κ3) is 34.4. The Labute approximate surface area is 445 Å². The van der Waals surface area contributed by atoms with Crippen LogP contribution in [0.1, 0.15) is 299 Å². The van der Waals surface area contributed by atoms with Crippen molar-refractivity contribution in [2.45, 2.75) is 324 Å². The van der Waals surface area contributed by atoms with Gasteiger partial charge >= 0.3 is 23.9 Å². The molecule has 424 valence electrons. The zero-order valence-electron chi connectivity index (χ0n) is 49.2. The van der Waals surface area contributed by atoms with E-state index in [2.05, 4.69) is 32.6 Å². The Kier molecular flexibility index (Phi) is 40.5. The van der Waals surface area contributed by atoms with Crippen LogP contribution in [0.15, 0.2) is 0 Å². The van der Waals surface area contributed by atoms with Crippen LogP contribution >= 0.6 is 0 Å². The van der Waals surface area contributed by atoms with Crippen molar-refractivity contribution in [3.8, 4) is 0 Å². The molecule has 1 aliphatic rings. The van der Waals surface area contributed by atoms with Crippen LogP contribution in [-0.4, -0.2) is 98.4 Å². The van der Waals surface area contributed by atoms with Crippen LogP contribution in [0, 0.1) is 10.8 Å². The fraction of sp³-hybridized carbons (Fsp3) is 0.935. The quantitative estimate of drug-likeness (QED) is 0.0332. The Morgan fingerprint density at radius 1 is 0.514 bits per heavy atom. The van der Waals surface area contributed by atoms with Gasteiger partial charge < -0.3 is 23.8 Å². The average molecular weight is 1020 g/mol. The molecule has 0 bridgehead atoms. The van der Waals surface area contributed by atoms with Crippen molar-refractivity contribution in [2.24, 2.45) is 10.8 Å². The summed E-state index contributed by atoms with van der Waals surface area (Å²) < 4.78 is 24.3. The van der Waals surface area contributed by atoms with Gasteiger partial charge in [-0.1, -0.05) is 182 Å². The Morgan fingerprint density at radius 2 is 0.889 bits per heavy atom. The molecule has 0 saturated carbocycles. The van der Waals surface area contributed by atoms with Crippen LogP contribution in [0.3, 0.4) is 0 Å². The maximum absolute atomic E-state index is 13.6. The van der Waals surface area contributed by atoms with Crippen LogP contribution in [0.25, 0.3) is 0 Å². The summed E-state index contributed by atoms with van der Waals surface area (Å²) >= 11 is 0. The van der Waals surface area contributed by atoms with E-state index in [1.165, 1.54) is 116 Å². The topological polar surface area (TPSA) is 112 Å². The predicted molar refractivity (Wildman–Crippen MR) is 300 cm³/mol. The standard InChI is InChI=1S/C62H118N2O8/c1-11-15-19-23-27-35-43-54(44-36-28-24-20-16-12-2)72-60(68)62(7,8)47-38-30-32-40-50-69-58(66)56-51-55(70-57(65)45-49-63(9)10)52-64(56)48-39-31-29-37-46-61(5,6)59(67)71-53(41-33-25-21-17-13-3)42-34-26-22-18-14-4/h53-56H,11-52H2,1-10H3/t55-,56-/m0/s1. The fourth-order valence-corrected chi connectivity index (χ4v) is 10.1. The number of esters is 4. The van der Waals surface area contributed by atoms with Crippen molar-refractivity contribution in [3.05, 3.63) is 0 Å². The smallest absolute Gasteiger partial charge is 0.323 e. The third-order valence-electron chi connectivity index (χ3n) is 15.3. The van der Waals surface area contributed by atoms with E-state index in [9.17, 15) is 19.2 Å². The number of unbranched alkanes of at least 4 members (excludes halogenated alkanes) is 24. The number of hydrogen-bond acceptors (Lipinski definition) is 10.